The second-order valence-corrected chi connectivity index (χ2v) is 10.4. The number of aryl methyl sites for hydroxylation is 2. The van der Waals surface area contributed by atoms with Gasteiger partial charge in [0, 0.05) is 16.3 Å². The Hall–Kier alpha value is -3.05. The number of carbonyl (C=O) groups excluding carboxylic acids is 2. The van der Waals surface area contributed by atoms with Crippen LogP contribution < -0.4 is 5.32 Å². The van der Waals surface area contributed by atoms with Gasteiger partial charge < -0.3 is 14.6 Å². The van der Waals surface area contributed by atoms with Crippen LogP contribution in [0.2, 0.25) is 10.0 Å². The third-order valence-electron chi connectivity index (χ3n) is 6.17. The zero-order chi connectivity index (χ0) is 26.0. The van der Waals surface area contributed by atoms with Crippen LogP contribution in [-0.4, -0.2) is 23.1 Å². The molecule has 0 atom stereocenters. The summed E-state index contributed by atoms with van der Waals surface area (Å²) in [7, 11) is 0. The molecule has 6 nitrogen and oxygen atoms in total. The third-order valence-corrected chi connectivity index (χ3v) is 8.27. The molecule has 0 bridgehead atoms. The normalized spacial score (nSPS) is 13.2. The lowest BCUT2D eigenvalue weighted by Crippen LogP contribution is -2.14. The van der Waals surface area contributed by atoms with Gasteiger partial charge in [-0.05, 0) is 81.9 Å². The van der Waals surface area contributed by atoms with Crippen molar-refractivity contribution >= 4 is 58.2 Å². The van der Waals surface area contributed by atoms with Gasteiger partial charge in [-0.2, -0.15) is 5.26 Å². The molecule has 186 valence electrons. The standard InChI is InChI=1S/C27H25Cl2N3O3S/c1-4-35-27(34)23-19-8-5-6-11-22(19)36-26(23)32-15(2)12-17(16(32)3)13-18(14-30)25(33)31-21-10-7-9-20(28)24(21)29/h7,9-10,12-13H,4-6,8,11H2,1-3H3,(H,31,33)/b18-13-. The minimum atomic E-state index is -0.592. The fourth-order valence-electron chi connectivity index (χ4n) is 4.46. The molecule has 2 heterocycles. The van der Waals surface area contributed by atoms with Crippen molar-refractivity contribution < 1.29 is 14.3 Å². The molecular weight excluding hydrogens is 517 g/mol. The number of ether oxygens (including phenoxy) is 1. The molecule has 4 rings (SSSR count). The van der Waals surface area contributed by atoms with Gasteiger partial charge in [-0.15, -0.1) is 11.3 Å². The number of amides is 1. The first-order chi connectivity index (χ1) is 17.3. The molecule has 1 amide bonds. The number of fused-ring (bicyclic) bond motifs is 1. The average molecular weight is 542 g/mol. The smallest absolute Gasteiger partial charge is 0.341 e. The highest BCUT2D eigenvalue weighted by Gasteiger charge is 2.28. The second-order valence-electron chi connectivity index (χ2n) is 8.50. The fourth-order valence-corrected chi connectivity index (χ4v) is 6.30. The maximum atomic E-state index is 13.0. The van der Waals surface area contributed by atoms with E-state index in [0.717, 1.165) is 47.6 Å². The molecule has 1 aliphatic rings. The average Bonchev–Trinajstić information content (AvgIpc) is 3.36. The first-order valence-electron chi connectivity index (χ1n) is 11.6. The van der Waals surface area contributed by atoms with Crippen molar-refractivity contribution in [1.29, 1.82) is 5.26 Å². The molecule has 9 heteroatoms. The number of benzene rings is 1. The molecule has 36 heavy (non-hydrogen) atoms. The summed E-state index contributed by atoms with van der Waals surface area (Å²) in [5.41, 5.74) is 4.36. The van der Waals surface area contributed by atoms with Gasteiger partial charge in [-0.1, -0.05) is 29.3 Å². The third kappa shape index (κ3) is 4.94. The maximum Gasteiger partial charge on any atom is 0.341 e. The molecular formula is C27H25Cl2N3O3S. The van der Waals surface area contributed by atoms with Gasteiger partial charge >= 0.3 is 5.97 Å². The summed E-state index contributed by atoms with van der Waals surface area (Å²) in [6.07, 6.45) is 5.50. The maximum absolute atomic E-state index is 13.0. The minimum absolute atomic E-state index is 0.0811. The Morgan fingerprint density at radius 3 is 2.72 bits per heavy atom. The van der Waals surface area contributed by atoms with Crippen LogP contribution in [0.5, 0.6) is 0 Å². The Kier molecular flexibility index (Phi) is 7.89. The first-order valence-corrected chi connectivity index (χ1v) is 13.2. The fraction of sp³-hybridized carbons (Fsp3) is 0.296. The van der Waals surface area contributed by atoms with Crippen molar-refractivity contribution in [2.75, 3.05) is 11.9 Å². The number of halogens is 2. The summed E-state index contributed by atoms with van der Waals surface area (Å²) in [6, 6.07) is 8.77. The van der Waals surface area contributed by atoms with Crippen LogP contribution in [0.25, 0.3) is 11.1 Å². The van der Waals surface area contributed by atoms with Crippen LogP contribution in [0.3, 0.4) is 0 Å². The van der Waals surface area contributed by atoms with Gasteiger partial charge in [0.05, 0.1) is 27.9 Å². The van der Waals surface area contributed by atoms with Crippen LogP contribution in [0.4, 0.5) is 5.69 Å². The number of aromatic nitrogens is 1. The topological polar surface area (TPSA) is 84.1 Å². The van der Waals surface area contributed by atoms with Crippen LogP contribution in [0.15, 0.2) is 29.8 Å². The number of rotatable bonds is 6. The van der Waals surface area contributed by atoms with Crippen LogP contribution >= 0.6 is 34.5 Å². The quantitative estimate of drug-likeness (QED) is 0.205. The summed E-state index contributed by atoms with van der Waals surface area (Å²) in [5, 5.41) is 13.7. The summed E-state index contributed by atoms with van der Waals surface area (Å²) in [5.74, 6) is -0.905. The molecule has 1 aromatic carbocycles. The number of anilines is 1. The van der Waals surface area contributed by atoms with Crippen molar-refractivity contribution in [2.24, 2.45) is 0 Å². The predicted octanol–water partition coefficient (Wildman–Crippen LogP) is 7.06. The Morgan fingerprint density at radius 1 is 1.25 bits per heavy atom. The highest BCUT2D eigenvalue weighted by Crippen LogP contribution is 2.39. The van der Waals surface area contributed by atoms with Gasteiger partial charge in [0.25, 0.3) is 5.91 Å². The molecule has 3 aromatic rings. The number of esters is 1. The van der Waals surface area contributed by atoms with E-state index in [-0.39, 0.29) is 16.6 Å². The van der Waals surface area contributed by atoms with Crippen molar-refractivity contribution in [1.82, 2.24) is 4.57 Å². The second kappa shape index (κ2) is 10.9. The van der Waals surface area contributed by atoms with Crippen molar-refractivity contribution in [3.63, 3.8) is 0 Å². The predicted molar refractivity (Wildman–Crippen MR) is 144 cm³/mol. The summed E-state index contributed by atoms with van der Waals surface area (Å²) >= 11 is 13.8. The number of carbonyl (C=O) groups is 2. The summed E-state index contributed by atoms with van der Waals surface area (Å²) < 4.78 is 7.43. The van der Waals surface area contributed by atoms with Gasteiger partial charge in [0.1, 0.15) is 16.6 Å². The van der Waals surface area contributed by atoms with Crippen LogP contribution in [0.1, 0.15) is 57.5 Å². The molecule has 0 aliphatic heterocycles. The van der Waals surface area contributed by atoms with Crippen LogP contribution in [0, 0.1) is 25.2 Å². The lowest BCUT2D eigenvalue weighted by Gasteiger charge is -2.13. The first kappa shape index (κ1) is 26.0. The number of nitriles is 1. The number of nitrogens with one attached hydrogen (secondary N) is 1. The van der Waals surface area contributed by atoms with Gasteiger partial charge in [-0.3, -0.25) is 4.79 Å². The summed E-state index contributed by atoms with van der Waals surface area (Å²) in [6.45, 7) is 5.96. The Labute approximate surface area is 224 Å². The van der Waals surface area contributed by atoms with Gasteiger partial charge in [0.2, 0.25) is 0 Å². The van der Waals surface area contributed by atoms with E-state index in [1.807, 2.05) is 30.6 Å². The van der Waals surface area contributed by atoms with Crippen molar-refractivity contribution in [2.45, 2.75) is 46.5 Å². The number of thiophene rings is 1. The molecule has 0 saturated heterocycles. The molecule has 0 spiro atoms. The van der Waals surface area contributed by atoms with E-state index in [1.165, 1.54) is 4.88 Å². The van der Waals surface area contributed by atoms with Crippen molar-refractivity contribution in [3.8, 4) is 11.1 Å². The molecule has 0 radical (unpaired) electrons. The summed E-state index contributed by atoms with van der Waals surface area (Å²) in [4.78, 5) is 27.1. The van der Waals surface area contributed by atoms with Gasteiger partial charge in [-0.25, -0.2) is 4.79 Å². The van der Waals surface area contributed by atoms with E-state index < -0.39 is 5.91 Å². The van der Waals surface area contributed by atoms with Gasteiger partial charge in [0.15, 0.2) is 0 Å². The lowest BCUT2D eigenvalue weighted by atomic mass is 9.95. The van der Waals surface area contributed by atoms with E-state index in [9.17, 15) is 14.9 Å². The minimum Gasteiger partial charge on any atom is -0.462 e. The Bertz CT molecular complexity index is 1430. The van der Waals surface area contributed by atoms with Crippen molar-refractivity contribution in [3.05, 3.63) is 72.8 Å². The highest BCUT2D eigenvalue weighted by molar-refractivity contribution is 7.15. The largest absolute Gasteiger partial charge is 0.462 e. The Morgan fingerprint density at radius 2 is 2.00 bits per heavy atom. The van der Waals surface area contributed by atoms with E-state index in [1.54, 1.807) is 42.5 Å². The van der Waals surface area contributed by atoms with E-state index in [2.05, 4.69) is 5.32 Å². The zero-order valence-electron chi connectivity index (χ0n) is 20.2. The SMILES string of the molecule is CCOC(=O)c1c(-n2c(C)cc(/C=C(/C#N)C(=O)Nc3cccc(Cl)c3Cl)c2C)sc2c1CCCC2. The number of hydrogen-bond donors (Lipinski definition) is 1. The van der Waals surface area contributed by atoms with Crippen LogP contribution in [-0.2, 0) is 22.4 Å². The molecule has 0 unspecified atom stereocenters. The van der Waals surface area contributed by atoms with E-state index in [0.29, 0.717) is 28.4 Å². The molecule has 2 aromatic heterocycles. The lowest BCUT2D eigenvalue weighted by molar-refractivity contribution is -0.112. The number of nitrogens with zero attached hydrogens (tertiary/aromatic N) is 2. The molecule has 0 fully saturated rings. The van der Waals surface area contributed by atoms with E-state index in [4.69, 9.17) is 27.9 Å². The monoisotopic (exact) mass is 541 g/mol. The Balaban J connectivity index is 1.74. The highest BCUT2D eigenvalue weighted by atomic mass is 35.5. The molecule has 0 saturated carbocycles. The molecule has 1 aliphatic carbocycles. The molecule has 1 N–H and O–H groups in total. The number of hydrogen-bond acceptors (Lipinski definition) is 5. The zero-order valence-corrected chi connectivity index (χ0v) is 22.5. The van der Waals surface area contributed by atoms with E-state index >= 15 is 0 Å².